The molecule has 0 N–H and O–H groups in total. The smallest absolute Gasteiger partial charge is 0.140 e. The summed E-state index contributed by atoms with van der Waals surface area (Å²) in [5.74, 6) is 0. The molecule has 10 heavy (non-hydrogen) atoms. The summed E-state index contributed by atoms with van der Waals surface area (Å²) in [5, 5.41) is 8.29. The second-order valence-electron chi connectivity index (χ2n) is 1.80. The lowest BCUT2D eigenvalue weighted by Gasteiger charge is -1.90. The van der Waals surface area contributed by atoms with E-state index < -0.39 is 6.67 Å². The molecule has 1 aromatic rings. The summed E-state index contributed by atoms with van der Waals surface area (Å²) >= 11 is 0. The number of hydrogen-bond donors (Lipinski definition) is 0. The van der Waals surface area contributed by atoms with E-state index in [4.69, 9.17) is 5.26 Å². The number of halogens is 1. The summed E-state index contributed by atoms with van der Waals surface area (Å²) in [6, 6.07) is 4.89. The van der Waals surface area contributed by atoms with E-state index in [1.54, 1.807) is 6.07 Å². The van der Waals surface area contributed by atoms with Crippen molar-refractivity contribution in [1.29, 1.82) is 5.26 Å². The largest absolute Gasteiger partial charge is 0.246 e. The van der Waals surface area contributed by atoms with Crippen LogP contribution >= 0.6 is 0 Å². The average molecular weight is 136 g/mol. The van der Waals surface area contributed by atoms with Crippen molar-refractivity contribution in [3.63, 3.8) is 0 Å². The third-order valence-corrected chi connectivity index (χ3v) is 1.09. The van der Waals surface area contributed by atoms with Gasteiger partial charge in [0.25, 0.3) is 0 Å². The Labute approximate surface area is 57.9 Å². The minimum Gasteiger partial charge on any atom is -0.246 e. The zero-order valence-electron chi connectivity index (χ0n) is 5.21. The van der Waals surface area contributed by atoms with Gasteiger partial charge in [-0.25, -0.2) is 9.37 Å². The van der Waals surface area contributed by atoms with E-state index in [2.05, 4.69) is 4.98 Å². The summed E-state index contributed by atoms with van der Waals surface area (Å²) in [6.07, 6.45) is 1.36. The van der Waals surface area contributed by atoms with Crippen LogP contribution in [0.25, 0.3) is 0 Å². The summed E-state index contributed by atoms with van der Waals surface area (Å²) in [7, 11) is 0. The topological polar surface area (TPSA) is 36.7 Å². The molecule has 0 bridgehead atoms. The van der Waals surface area contributed by atoms with Crippen molar-refractivity contribution in [1.82, 2.24) is 4.98 Å². The molecule has 3 heteroatoms. The van der Waals surface area contributed by atoms with Crippen LogP contribution in [-0.2, 0) is 6.67 Å². The van der Waals surface area contributed by atoms with Gasteiger partial charge >= 0.3 is 0 Å². The fourth-order valence-corrected chi connectivity index (χ4v) is 0.570. The van der Waals surface area contributed by atoms with Crippen molar-refractivity contribution in [2.75, 3.05) is 0 Å². The Bertz CT molecular complexity index is 247. The number of hydrogen-bond acceptors (Lipinski definition) is 2. The van der Waals surface area contributed by atoms with Crippen molar-refractivity contribution < 1.29 is 4.39 Å². The molecule has 0 saturated heterocycles. The molecule has 0 aliphatic heterocycles. The summed E-state index contributed by atoms with van der Waals surface area (Å²) in [4.78, 5) is 3.67. The molecule has 0 fully saturated rings. The lowest BCUT2D eigenvalue weighted by atomic mass is 10.3. The molecular formula is C7H5FN2. The minimum absolute atomic E-state index is 0.317. The van der Waals surface area contributed by atoms with Crippen LogP contribution in [0.15, 0.2) is 18.3 Å². The predicted molar refractivity (Wildman–Crippen MR) is 33.8 cm³/mol. The standard InChI is InChI=1S/C7H5FN2/c8-3-6-1-2-7(4-9)10-5-6/h1-2,5H,3H2. The van der Waals surface area contributed by atoms with Crippen LogP contribution in [0.3, 0.4) is 0 Å². The third kappa shape index (κ3) is 1.29. The molecular weight excluding hydrogens is 131 g/mol. The van der Waals surface area contributed by atoms with Gasteiger partial charge in [-0.05, 0) is 6.07 Å². The molecule has 0 aromatic carbocycles. The van der Waals surface area contributed by atoms with Crippen LogP contribution < -0.4 is 0 Å². The van der Waals surface area contributed by atoms with Gasteiger partial charge in [0.1, 0.15) is 18.4 Å². The highest BCUT2D eigenvalue weighted by Gasteiger charge is 1.91. The van der Waals surface area contributed by atoms with E-state index in [1.807, 2.05) is 6.07 Å². The highest BCUT2D eigenvalue weighted by Crippen LogP contribution is 1.99. The molecule has 1 aromatic heterocycles. The zero-order valence-corrected chi connectivity index (χ0v) is 5.21. The van der Waals surface area contributed by atoms with Gasteiger partial charge in [0.05, 0.1) is 0 Å². The Kier molecular flexibility index (Phi) is 1.96. The van der Waals surface area contributed by atoms with E-state index in [1.165, 1.54) is 12.3 Å². The third-order valence-electron chi connectivity index (χ3n) is 1.09. The van der Waals surface area contributed by atoms with Gasteiger partial charge in [0.2, 0.25) is 0 Å². The van der Waals surface area contributed by atoms with Crippen molar-refractivity contribution in [3.05, 3.63) is 29.6 Å². The summed E-state index contributed by atoms with van der Waals surface area (Å²) in [6.45, 7) is -0.529. The van der Waals surface area contributed by atoms with Crippen LogP contribution in [0.5, 0.6) is 0 Å². The molecule has 50 valence electrons. The fraction of sp³-hybridized carbons (Fsp3) is 0.143. The zero-order chi connectivity index (χ0) is 7.40. The average Bonchev–Trinajstić information content (AvgIpc) is 2.05. The van der Waals surface area contributed by atoms with Crippen molar-refractivity contribution >= 4 is 0 Å². The van der Waals surface area contributed by atoms with Crippen LogP contribution in [0.1, 0.15) is 11.3 Å². The second-order valence-corrected chi connectivity index (χ2v) is 1.80. The van der Waals surface area contributed by atoms with Gasteiger partial charge in [0.15, 0.2) is 0 Å². The number of rotatable bonds is 1. The Balaban J connectivity index is 2.93. The maximum absolute atomic E-state index is 11.8. The number of pyridine rings is 1. The molecule has 0 saturated carbocycles. The number of aromatic nitrogens is 1. The SMILES string of the molecule is N#Cc1ccc(CF)cn1. The molecule has 0 atom stereocenters. The molecule has 0 radical (unpaired) electrons. The number of alkyl halides is 1. The van der Waals surface area contributed by atoms with Gasteiger partial charge in [-0.15, -0.1) is 0 Å². The normalized spacial score (nSPS) is 8.80. The summed E-state index contributed by atoms with van der Waals surface area (Å²) in [5.41, 5.74) is 0.816. The molecule has 2 nitrogen and oxygen atoms in total. The van der Waals surface area contributed by atoms with Gasteiger partial charge in [0, 0.05) is 11.8 Å². The van der Waals surface area contributed by atoms with Crippen molar-refractivity contribution in [2.45, 2.75) is 6.67 Å². The highest BCUT2D eigenvalue weighted by molar-refractivity contribution is 5.22. The van der Waals surface area contributed by atoms with E-state index >= 15 is 0 Å². The molecule has 1 rings (SSSR count). The Morgan fingerprint density at radius 3 is 2.80 bits per heavy atom. The maximum atomic E-state index is 11.8. The first kappa shape index (κ1) is 6.69. The monoisotopic (exact) mass is 136 g/mol. The van der Waals surface area contributed by atoms with Crippen LogP contribution in [0.2, 0.25) is 0 Å². The highest BCUT2D eigenvalue weighted by atomic mass is 19.1. The lowest BCUT2D eigenvalue weighted by molar-refractivity contribution is 0.484. The first-order chi connectivity index (χ1) is 4.86. The van der Waals surface area contributed by atoms with Gasteiger partial charge in [-0.1, -0.05) is 6.07 Å². The quantitative estimate of drug-likeness (QED) is 0.585. The fourth-order valence-electron chi connectivity index (χ4n) is 0.570. The van der Waals surface area contributed by atoms with E-state index in [9.17, 15) is 4.39 Å². The number of nitriles is 1. The van der Waals surface area contributed by atoms with Crippen molar-refractivity contribution in [3.8, 4) is 6.07 Å². The van der Waals surface area contributed by atoms with Gasteiger partial charge in [-0.3, -0.25) is 0 Å². The summed E-state index contributed by atoms with van der Waals surface area (Å²) < 4.78 is 11.8. The van der Waals surface area contributed by atoms with E-state index in [-0.39, 0.29) is 0 Å². The predicted octanol–water partition coefficient (Wildman–Crippen LogP) is 1.42. The first-order valence-corrected chi connectivity index (χ1v) is 2.78. The lowest BCUT2D eigenvalue weighted by Crippen LogP contribution is -1.83. The van der Waals surface area contributed by atoms with Crippen LogP contribution in [0.4, 0.5) is 4.39 Å². The maximum Gasteiger partial charge on any atom is 0.140 e. The molecule has 1 heterocycles. The molecule has 0 amide bonds. The molecule has 0 aliphatic carbocycles. The second kappa shape index (κ2) is 2.92. The van der Waals surface area contributed by atoms with Crippen LogP contribution in [0, 0.1) is 11.3 Å². The van der Waals surface area contributed by atoms with Crippen LogP contribution in [-0.4, -0.2) is 4.98 Å². The van der Waals surface area contributed by atoms with Gasteiger partial charge < -0.3 is 0 Å². The van der Waals surface area contributed by atoms with Crippen molar-refractivity contribution in [2.24, 2.45) is 0 Å². The number of nitrogens with zero attached hydrogens (tertiary/aromatic N) is 2. The molecule has 0 unspecified atom stereocenters. The Morgan fingerprint density at radius 1 is 1.60 bits per heavy atom. The van der Waals surface area contributed by atoms with E-state index in [0.717, 1.165) is 0 Å². The Morgan fingerprint density at radius 2 is 2.40 bits per heavy atom. The van der Waals surface area contributed by atoms with E-state index in [0.29, 0.717) is 11.3 Å². The minimum atomic E-state index is -0.529. The Hall–Kier alpha value is -1.43. The van der Waals surface area contributed by atoms with Gasteiger partial charge in [-0.2, -0.15) is 5.26 Å². The molecule has 0 spiro atoms. The molecule has 0 aliphatic rings. The first-order valence-electron chi connectivity index (χ1n) is 2.78.